The number of hydrogen-bond acceptors (Lipinski definition) is 8. The molecule has 232 valence electrons. The number of thioether (sulfide) groups is 1. The monoisotopic (exact) mass is 627 g/mol. The van der Waals surface area contributed by atoms with E-state index in [1.807, 2.05) is 47.4 Å². The Morgan fingerprint density at radius 3 is 2.47 bits per heavy atom. The lowest BCUT2D eigenvalue weighted by Gasteiger charge is -2.28. The van der Waals surface area contributed by atoms with Crippen LogP contribution in [0.5, 0.6) is 5.75 Å². The Morgan fingerprint density at radius 2 is 1.71 bits per heavy atom. The maximum Gasteiger partial charge on any atom is 0.338 e. The maximum absolute atomic E-state index is 14.3. The van der Waals surface area contributed by atoms with Gasteiger partial charge >= 0.3 is 5.97 Å². The number of amides is 1. The lowest BCUT2D eigenvalue weighted by molar-refractivity contribution is -0.141. The Bertz CT molecular complexity index is 1690. The first-order chi connectivity index (χ1) is 22.0. The summed E-state index contributed by atoms with van der Waals surface area (Å²) in [4.78, 5) is 32.7. The standard InChI is InChI=1S/C34H34FN5O4S/c1-23-30(32(42)44-20-24-10-4-2-5-11-24)31(25-14-16-27(17-15-25)43-21-29(41)39-18-8-3-9-19-39)40-33(36-23)37-34(38-40)45-22-26-12-6-7-13-28(26)35/h2,4-7,10-17,31H,3,8-9,18-22H2,1H3,(H,36,37,38). The average molecular weight is 628 g/mol. The van der Waals surface area contributed by atoms with E-state index in [0.717, 1.165) is 43.5 Å². The summed E-state index contributed by atoms with van der Waals surface area (Å²) in [7, 11) is 0. The van der Waals surface area contributed by atoms with Gasteiger partial charge in [-0.2, -0.15) is 4.98 Å². The van der Waals surface area contributed by atoms with Crippen molar-refractivity contribution in [3.05, 3.63) is 113 Å². The van der Waals surface area contributed by atoms with Crippen LogP contribution in [0.25, 0.3) is 0 Å². The van der Waals surface area contributed by atoms with Gasteiger partial charge in [-0.25, -0.2) is 13.9 Å². The van der Waals surface area contributed by atoms with Gasteiger partial charge in [0.15, 0.2) is 6.61 Å². The van der Waals surface area contributed by atoms with E-state index in [9.17, 15) is 14.0 Å². The Balaban J connectivity index is 1.24. The quantitative estimate of drug-likeness (QED) is 0.166. The lowest BCUT2D eigenvalue weighted by atomic mass is 9.95. The fraction of sp³-hybridized carbons (Fsp3) is 0.294. The van der Waals surface area contributed by atoms with E-state index >= 15 is 0 Å². The van der Waals surface area contributed by atoms with E-state index in [4.69, 9.17) is 14.6 Å². The van der Waals surface area contributed by atoms with Gasteiger partial charge in [0.2, 0.25) is 11.1 Å². The van der Waals surface area contributed by atoms with Crippen LogP contribution in [-0.2, 0) is 26.7 Å². The molecular weight excluding hydrogens is 593 g/mol. The molecule has 0 spiro atoms. The molecule has 45 heavy (non-hydrogen) atoms. The highest BCUT2D eigenvalue weighted by atomic mass is 32.2. The molecule has 0 radical (unpaired) electrons. The first kappa shape index (κ1) is 30.4. The minimum absolute atomic E-state index is 0.0215. The number of rotatable bonds is 10. The molecule has 6 rings (SSSR count). The molecule has 1 amide bonds. The average Bonchev–Trinajstić information content (AvgIpc) is 3.48. The number of hydrogen-bond donors (Lipinski definition) is 1. The van der Waals surface area contributed by atoms with Crippen LogP contribution >= 0.6 is 11.8 Å². The molecule has 0 bridgehead atoms. The van der Waals surface area contributed by atoms with Crippen molar-refractivity contribution >= 4 is 29.6 Å². The molecule has 4 aromatic rings. The fourth-order valence-corrected chi connectivity index (χ4v) is 6.27. The van der Waals surface area contributed by atoms with E-state index in [1.54, 1.807) is 41.9 Å². The minimum Gasteiger partial charge on any atom is -0.484 e. The van der Waals surface area contributed by atoms with Gasteiger partial charge in [-0.1, -0.05) is 72.4 Å². The highest BCUT2D eigenvalue weighted by molar-refractivity contribution is 7.98. The molecule has 1 saturated heterocycles. The number of benzene rings is 3. The maximum atomic E-state index is 14.3. The van der Waals surface area contributed by atoms with Gasteiger partial charge in [-0.15, -0.1) is 5.10 Å². The highest BCUT2D eigenvalue weighted by Crippen LogP contribution is 2.38. The molecule has 3 aromatic carbocycles. The Labute approximate surface area is 265 Å². The van der Waals surface area contributed by atoms with Crippen LogP contribution in [0.1, 0.15) is 48.9 Å². The number of halogens is 1. The second-order valence-corrected chi connectivity index (χ2v) is 11.9. The smallest absolute Gasteiger partial charge is 0.338 e. The fourth-order valence-electron chi connectivity index (χ4n) is 5.45. The van der Waals surface area contributed by atoms with Gasteiger partial charge in [0.05, 0.1) is 5.57 Å². The summed E-state index contributed by atoms with van der Waals surface area (Å²) in [6.07, 6.45) is 3.19. The van der Waals surface area contributed by atoms with Crippen molar-refractivity contribution in [2.45, 2.75) is 49.7 Å². The van der Waals surface area contributed by atoms with E-state index in [1.165, 1.54) is 17.8 Å². The predicted octanol–water partition coefficient (Wildman–Crippen LogP) is 6.13. The van der Waals surface area contributed by atoms with Crippen molar-refractivity contribution in [1.29, 1.82) is 0 Å². The van der Waals surface area contributed by atoms with Gasteiger partial charge in [0.1, 0.15) is 24.2 Å². The number of allylic oxidation sites excluding steroid dienone is 1. The summed E-state index contributed by atoms with van der Waals surface area (Å²) in [5.74, 6) is 0.564. The summed E-state index contributed by atoms with van der Waals surface area (Å²) < 4.78 is 27.5. The van der Waals surface area contributed by atoms with Crippen molar-refractivity contribution < 1.29 is 23.5 Å². The number of likely N-dealkylation sites (tertiary alicyclic amines) is 1. The van der Waals surface area contributed by atoms with Crippen molar-refractivity contribution in [1.82, 2.24) is 19.7 Å². The molecule has 11 heteroatoms. The summed E-state index contributed by atoms with van der Waals surface area (Å²) in [5, 5.41) is 8.38. The van der Waals surface area contributed by atoms with E-state index in [0.29, 0.717) is 39.4 Å². The zero-order valence-corrected chi connectivity index (χ0v) is 25.8. The van der Waals surface area contributed by atoms with Crippen LogP contribution in [0.15, 0.2) is 95.3 Å². The number of ether oxygens (including phenoxy) is 2. The van der Waals surface area contributed by atoms with Gasteiger partial charge < -0.3 is 19.7 Å². The molecule has 2 aliphatic heterocycles. The summed E-state index contributed by atoms with van der Waals surface area (Å²) in [6.45, 7) is 3.44. The lowest BCUT2D eigenvalue weighted by Crippen LogP contribution is -2.38. The Morgan fingerprint density at radius 1 is 0.978 bits per heavy atom. The molecule has 0 saturated carbocycles. The highest BCUT2D eigenvalue weighted by Gasteiger charge is 2.35. The van der Waals surface area contributed by atoms with Gasteiger partial charge in [-0.05, 0) is 61.1 Å². The minimum atomic E-state index is -0.649. The van der Waals surface area contributed by atoms with E-state index in [-0.39, 0.29) is 24.9 Å². The van der Waals surface area contributed by atoms with E-state index < -0.39 is 12.0 Å². The molecule has 1 N–H and O–H groups in total. The molecule has 3 heterocycles. The van der Waals surface area contributed by atoms with Crippen molar-refractivity contribution in [2.75, 3.05) is 25.0 Å². The molecule has 1 atom stereocenters. The Hall–Kier alpha value is -4.64. The zero-order valence-electron chi connectivity index (χ0n) is 24.9. The van der Waals surface area contributed by atoms with Crippen LogP contribution in [0.2, 0.25) is 0 Å². The van der Waals surface area contributed by atoms with Crippen molar-refractivity contribution in [3.8, 4) is 5.75 Å². The van der Waals surface area contributed by atoms with Crippen LogP contribution in [-0.4, -0.2) is 51.2 Å². The van der Waals surface area contributed by atoms with Crippen molar-refractivity contribution in [3.63, 3.8) is 0 Å². The summed E-state index contributed by atoms with van der Waals surface area (Å²) in [6, 6.07) is 22.7. The number of nitrogens with one attached hydrogen (secondary N) is 1. The van der Waals surface area contributed by atoms with Crippen LogP contribution in [0.3, 0.4) is 0 Å². The first-order valence-electron chi connectivity index (χ1n) is 15.0. The van der Waals surface area contributed by atoms with Gasteiger partial charge in [-0.3, -0.25) is 4.79 Å². The molecule has 0 aliphatic carbocycles. The summed E-state index contributed by atoms with van der Waals surface area (Å²) >= 11 is 1.31. The number of piperidine rings is 1. The second-order valence-electron chi connectivity index (χ2n) is 11.0. The molecule has 2 aliphatic rings. The SMILES string of the molecule is CC1=C(C(=O)OCc2ccccc2)C(c2ccc(OCC(=O)N3CCCCC3)cc2)n2nc(SCc3ccccc3F)nc2N1. The van der Waals surface area contributed by atoms with Crippen LogP contribution in [0, 0.1) is 5.82 Å². The van der Waals surface area contributed by atoms with Gasteiger partial charge in [0, 0.05) is 24.5 Å². The normalized spacial score (nSPS) is 16.1. The molecule has 1 fully saturated rings. The molecule has 9 nitrogen and oxygen atoms in total. The predicted molar refractivity (Wildman–Crippen MR) is 169 cm³/mol. The topological polar surface area (TPSA) is 98.6 Å². The number of anilines is 1. The summed E-state index contributed by atoms with van der Waals surface area (Å²) in [5.41, 5.74) is 3.17. The van der Waals surface area contributed by atoms with Crippen LogP contribution in [0.4, 0.5) is 10.3 Å². The number of esters is 1. The second kappa shape index (κ2) is 14.0. The van der Waals surface area contributed by atoms with Gasteiger partial charge in [0.25, 0.3) is 5.91 Å². The third-order valence-electron chi connectivity index (χ3n) is 7.85. The number of nitrogens with zero attached hydrogens (tertiary/aromatic N) is 4. The number of aromatic nitrogens is 3. The van der Waals surface area contributed by atoms with Crippen LogP contribution < -0.4 is 10.1 Å². The molecule has 1 unspecified atom stereocenters. The molecule has 1 aromatic heterocycles. The first-order valence-corrected chi connectivity index (χ1v) is 16.0. The Kier molecular flexibility index (Phi) is 9.44. The largest absolute Gasteiger partial charge is 0.484 e. The third kappa shape index (κ3) is 7.20. The zero-order chi connectivity index (χ0) is 31.2. The van der Waals surface area contributed by atoms with Crippen molar-refractivity contribution in [2.24, 2.45) is 0 Å². The number of carbonyl (C=O) groups is 2. The third-order valence-corrected chi connectivity index (χ3v) is 8.73. The number of fused-ring (bicyclic) bond motifs is 1. The number of carbonyl (C=O) groups excluding carboxylic acids is 2. The van der Waals surface area contributed by atoms with E-state index in [2.05, 4.69) is 10.3 Å². The molecular formula is C34H34FN5O4S.